The van der Waals surface area contributed by atoms with E-state index in [2.05, 4.69) is 194 Å². The molecule has 230 valence electrons. The van der Waals surface area contributed by atoms with E-state index in [1.807, 2.05) is 0 Å². The van der Waals surface area contributed by atoms with Crippen molar-refractivity contribution in [1.82, 2.24) is 4.57 Å². The molecule has 1 aromatic heterocycles. The van der Waals surface area contributed by atoms with Crippen LogP contribution in [0.4, 0.5) is 17.1 Å². The van der Waals surface area contributed by atoms with Crippen molar-refractivity contribution >= 4 is 38.9 Å². The molecule has 2 heteroatoms. The number of aromatic nitrogens is 1. The van der Waals surface area contributed by atoms with Crippen molar-refractivity contribution in [3.05, 3.63) is 180 Å². The van der Waals surface area contributed by atoms with Crippen molar-refractivity contribution < 1.29 is 0 Å². The van der Waals surface area contributed by atoms with Gasteiger partial charge in [0.25, 0.3) is 0 Å². The molecular weight excluding hydrogens is 581 g/mol. The predicted octanol–water partition coefficient (Wildman–Crippen LogP) is 12.5. The number of fused-ring (bicyclic) bond motifs is 6. The third kappa shape index (κ3) is 4.33. The first-order valence-electron chi connectivity index (χ1n) is 16.8. The monoisotopic (exact) mass is 616 g/mol. The zero-order valence-electron chi connectivity index (χ0n) is 27.5. The summed E-state index contributed by atoms with van der Waals surface area (Å²) in [7, 11) is 0. The van der Waals surface area contributed by atoms with Crippen LogP contribution in [-0.4, -0.2) is 4.57 Å². The number of nitrogens with zero attached hydrogens (tertiary/aromatic N) is 2. The maximum absolute atomic E-state index is 2.42. The maximum Gasteiger partial charge on any atom is 0.0562 e. The lowest BCUT2D eigenvalue weighted by molar-refractivity contribution is 0.660. The topological polar surface area (TPSA) is 8.17 Å². The number of benzene rings is 7. The summed E-state index contributed by atoms with van der Waals surface area (Å²) in [6.45, 7) is 6.84. The van der Waals surface area contributed by atoms with E-state index >= 15 is 0 Å². The molecule has 1 aliphatic carbocycles. The molecule has 1 aliphatic rings. The lowest BCUT2D eigenvalue weighted by Crippen LogP contribution is -2.14. The summed E-state index contributed by atoms with van der Waals surface area (Å²) in [6, 6.07) is 59.9. The Morgan fingerprint density at radius 2 is 1.19 bits per heavy atom. The standard InChI is InChI=1S/C46H36N2/c1-31-13-11-16-36(29-31)47(43-21-12-22-44-45(43)38-18-8-10-20-42(38)48(44)34-14-5-4-6-15-34)35-26-23-32(24-27-35)33-25-28-41-39(30-33)37-17-7-9-19-40(37)46(41,2)3/h4-30H,1-3H3. The number of anilines is 3. The molecule has 0 N–H and O–H groups in total. The van der Waals surface area contributed by atoms with Crippen molar-refractivity contribution in [1.29, 1.82) is 0 Å². The largest absolute Gasteiger partial charge is 0.310 e. The summed E-state index contributed by atoms with van der Waals surface area (Å²) in [5.74, 6) is 0. The molecule has 0 spiro atoms. The highest BCUT2D eigenvalue weighted by atomic mass is 15.1. The van der Waals surface area contributed by atoms with Crippen molar-refractivity contribution in [2.45, 2.75) is 26.2 Å². The van der Waals surface area contributed by atoms with E-state index in [1.54, 1.807) is 0 Å². The van der Waals surface area contributed by atoms with Crippen LogP contribution in [0.1, 0.15) is 30.5 Å². The lowest BCUT2D eigenvalue weighted by atomic mass is 9.82. The minimum absolute atomic E-state index is 0.00722. The fourth-order valence-electron chi connectivity index (χ4n) is 7.94. The van der Waals surface area contributed by atoms with Crippen molar-refractivity contribution in [2.75, 3.05) is 4.90 Å². The first kappa shape index (κ1) is 28.4. The molecule has 9 rings (SSSR count). The lowest BCUT2D eigenvalue weighted by Gasteiger charge is -2.27. The molecule has 1 heterocycles. The van der Waals surface area contributed by atoms with Crippen LogP contribution >= 0.6 is 0 Å². The summed E-state index contributed by atoms with van der Waals surface area (Å²) in [5.41, 5.74) is 16.2. The van der Waals surface area contributed by atoms with Crippen LogP contribution in [0.25, 0.3) is 49.7 Å². The minimum Gasteiger partial charge on any atom is -0.310 e. The van der Waals surface area contributed by atoms with Gasteiger partial charge in [-0.15, -0.1) is 0 Å². The minimum atomic E-state index is 0.00722. The summed E-state index contributed by atoms with van der Waals surface area (Å²) in [5, 5.41) is 2.48. The van der Waals surface area contributed by atoms with Gasteiger partial charge in [-0.1, -0.05) is 117 Å². The smallest absolute Gasteiger partial charge is 0.0562 e. The average molecular weight is 617 g/mol. The third-order valence-electron chi connectivity index (χ3n) is 10.2. The maximum atomic E-state index is 2.42. The Morgan fingerprint density at radius 3 is 2.02 bits per heavy atom. The van der Waals surface area contributed by atoms with Gasteiger partial charge in [0.05, 0.1) is 16.7 Å². The van der Waals surface area contributed by atoms with E-state index in [0.717, 1.165) is 22.7 Å². The van der Waals surface area contributed by atoms with Crippen LogP contribution < -0.4 is 4.90 Å². The van der Waals surface area contributed by atoms with Gasteiger partial charge in [-0.3, -0.25) is 0 Å². The van der Waals surface area contributed by atoms with E-state index in [0.29, 0.717) is 0 Å². The zero-order chi connectivity index (χ0) is 32.4. The molecule has 0 amide bonds. The second-order valence-corrected chi connectivity index (χ2v) is 13.5. The fraction of sp³-hybridized carbons (Fsp3) is 0.0870. The SMILES string of the molecule is Cc1cccc(N(c2ccc(-c3ccc4c(c3)-c3ccccc3C4(C)C)cc2)c2cccc3c2c2ccccc2n3-c2ccccc2)c1. The Bertz CT molecular complexity index is 2480. The number of aryl methyl sites for hydroxylation is 1. The zero-order valence-corrected chi connectivity index (χ0v) is 27.5. The molecule has 0 unspecified atom stereocenters. The van der Waals surface area contributed by atoms with E-state index in [-0.39, 0.29) is 5.41 Å². The van der Waals surface area contributed by atoms with Gasteiger partial charge in [-0.2, -0.15) is 0 Å². The summed E-state index contributed by atoms with van der Waals surface area (Å²) in [6.07, 6.45) is 0. The Labute approximate surface area is 282 Å². The summed E-state index contributed by atoms with van der Waals surface area (Å²) < 4.78 is 2.39. The molecule has 48 heavy (non-hydrogen) atoms. The second kappa shape index (κ2) is 10.9. The van der Waals surface area contributed by atoms with Gasteiger partial charge < -0.3 is 9.47 Å². The second-order valence-electron chi connectivity index (χ2n) is 13.5. The van der Waals surface area contributed by atoms with Gasteiger partial charge >= 0.3 is 0 Å². The van der Waals surface area contributed by atoms with Crippen LogP contribution in [0.15, 0.2) is 164 Å². The first-order chi connectivity index (χ1) is 23.5. The van der Waals surface area contributed by atoms with Gasteiger partial charge in [0.2, 0.25) is 0 Å². The number of rotatable bonds is 5. The molecule has 0 radical (unpaired) electrons. The van der Waals surface area contributed by atoms with Crippen molar-refractivity contribution in [3.8, 4) is 27.9 Å². The highest BCUT2D eigenvalue weighted by molar-refractivity contribution is 6.16. The number of para-hydroxylation sites is 2. The normalized spacial score (nSPS) is 13.1. The van der Waals surface area contributed by atoms with Gasteiger partial charge in [0.15, 0.2) is 0 Å². The molecule has 8 aromatic rings. The summed E-state index contributed by atoms with van der Waals surface area (Å²) >= 11 is 0. The Morgan fingerprint density at radius 1 is 0.500 bits per heavy atom. The van der Waals surface area contributed by atoms with E-state index in [1.165, 1.54) is 60.8 Å². The van der Waals surface area contributed by atoms with Crippen LogP contribution in [0.5, 0.6) is 0 Å². The fourth-order valence-corrected chi connectivity index (χ4v) is 7.94. The molecular formula is C46H36N2. The molecule has 0 saturated heterocycles. The highest BCUT2D eigenvalue weighted by Crippen LogP contribution is 2.50. The number of hydrogen-bond acceptors (Lipinski definition) is 1. The molecule has 0 fully saturated rings. The molecule has 0 saturated carbocycles. The Hall–Kier alpha value is -5.86. The molecule has 0 atom stereocenters. The van der Waals surface area contributed by atoms with Crippen LogP contribution in [0.3, 0.4) is 0 Å². The van der Waals surface area contributed by atoms with E-state index in [9.17, 15) is 0 Å². The van der Waals surface area contributed by atoms with Crippen LogP contribution in [-0.2, 0) is 5.41 Å². The van der Waals surface area contributed by atoms with Gasteiger partial charge in [-0.05, 0) is 107 Å². The third-order valence-corrected chi connectivity index (χ3v) is 10.2. The van der Waals surface area contributed by atoms with Crippen LogP contribution in [0, 0.1) is 6.92 Å². The highest BCUT2D eigenvalue weighted by Gasteiger charge is 2.35. The molecule has 2 nitrogen and oxygen atoms in total. The number of hydrogen-bond donors (Lipinski definition) is 0. The molecule has 0 bridgehead atoms. The van der Waals surface area contributed by atoms with E-state index < -0.39 is 0 Å². The van der Waals surface area contributed by atoms with Crippen molar-refractivity contribution in [3.63, 3.8) is 0 Å². The van der Waals surface area contributed by atoms with Gasteiger partial charge in [-0.25, -0.2) is 0 Å². The molecule has 0 aliphatic heterocycles. The van der Waals surface area contributed by atoms with Gasteiger partial charge in [0.1, 0.15) is 0 Å². The Kier molecular flexibility index (Phi) is 6.42. The van der Waals surface area contributed by atoms with Gasteiger partial charge in [0, 0.05) is 33.2 Å². The quantitative estimate of drug-likeness (QED) is 0.187. The summed E-state index contributed by atoms with van der Waals surface area (Å²) in [4.78, 5) is 2.42. The predicted molar refractivity (Wildman–Crippen MR) is 203 cm³/mol. The first-order valence-corrected chi connectivity index (χ1v) is 16.8. The molecule has 7 aromatic carbocycles. The Balaban J connectivity index is 1.21. The average Bonchev–Trinajstić information content (AvgIpc) is 3.58. The van der Waals surface area contributed by atoms with Crippen molar-refractivity contribution in [2.24, 2.45) is 0 Å². The van der Waals surface area contributed by atoms with E-state index in [4.69, 9.17) is 0 Å². The van der Waals surface area contributed by atoms with Crippen LogP contribution in [0.2, 0.25) is 0 Å².